The van der Waals surface area contributed by atoms with Crippen LogP contribution in [0.3, 0.4) is 0 Å². The Kier molecular flexibility index (Phi) is 83.9. The van der Waals surface area contributed by atoms with E-state index in [1.54, 1.807) is 0 Å². The normalized spacial score (nSPS) is 8.15. The first-order chi connectivity index (χ1) is 3.89. The summed E-state index contributed by atoms with van der Waals surface area (Å²) in [7, 11) is 0. The molecule has 78 valence electrons. The Balaban J connectivity index is -0.0000000166. The Morgan fingerprint density at radius 1 is 0.923 bits per heavy atom. The summed E-state index contributed by atoms with van der Waals surface area (Å²) in [4.78, 5) is 7.50. The van der Waals surface area contributed by atoms with E-state index < -0.39 is 0 Å². The van der Waals surface area contributed by atoms with Crippen molar-refractivity contribution in [2.75, 3.05) is 0 Å². The molecule has 1 rings (SSSR count). The van der Waals surface area contributed by atoms with Crippen LogP contribution in [0.15, 0.2) is 36.5 Å². The second kappa shape index (κ2) is 29.3. The zero-order valence-electron chi connectivity index (χ0n) is 6.25. The maximum absolute atomic E-state index is 7.50. The second-order valence-electron chi connectivity index (χ2n) is 1.29. The van der Waals surface area contributed by atoms with Crippen LogP contribution in [0.1, 0.15) is 0 Å². The van der Waals surface area contributed by atoms with Crippen molar-refractivity contribution in [3.8, 4) is 0 Å². The minimum absolute atomic E-state index is 0. The first-order valence-corrected chi connectivity index (χ1v) is 2.14. The molecular formula is C7H6Cl4OPt. The van der Waals surface area contributed by atoms with E-state index in [0.717, 1.165) is 5.57 Å². The van der Waals surface area contributed by atoms with Gasteiger partial charge in [-0.05, 0) is 5.57 Å². The summed E-state index contributed by atoms with van der Waals surface area (Å²) in [6.45, 7) is 8.18. The average molecular weight is 443 g/mol. The third kappa shape index (κ3) is 24.5. The molecule has 0 saturated heterocycles. The number of halogens is 4. The molecule has 1 aliphatic carbocycles. The Morgan fingerprint density at radius 2 is 1.15 bits per heavy atom. The van der Waals surface area contributed by atoms with Crippen molar-refractivity contribution in [3.63, 3.8) is 0 Å². The molecule has 0 unspecified atom stereocenters. The Bertz CT molecular complexity index is 133. The first-order valence-electron chi connectivity index (χ1n) is 2.14. The summed E-state index contributed by atoms with van der Waals surface area (Å²) in [6, 6.07) is 0. The van der Waals surface area contributed by atoms with Gasteiger partial charge < -0.3 is 49.6 Å². The molecule has 1 aliphatic rings. The molecule has 0 aromatic heterocycles. The Hall–Kier alpha value is 0.738. The maximum Gasteiger partial charge on any atom is 4.00 e. The quantitative estimate of drug-likeness (QED) is 0.364. The van der Waals surface area contributed by atoms with Crippen molar-refractivity contribution in [2.24, 2.45) is 0 Å². The molecule has 0 bridgehead atoms. The van der Waals surface area contributed by atoms with Crippen molar-refractivity contribution in [3.05, 3.63) is 36.5 Å². The predicted molar refractivity (Wildman–Crippen MR) is 33.1 cm³/mol. The van der Waals surface area contributed by atoms with E-state index in [1.165, 1.54) is 0 Å². The van der Waals surface area contributed by atoms with Crippen LogP contribution in [0.5, 0.6) is 0 Å². The van der Waals surface area contributed by atoms with Crippen LogP contribution in [-0.2, 0) is 25.9 Å². The van der Waals surface area contributed by atoms with Crippen LogP contribution < -0.4 is 49.6 Å². The summed E-state index contributed by atoms with van der Waals surface area (Å²) in [6.07, 6.45) is 7.89. The number of rotatable bonds is 0. The van der Waals surface area contributed by atoms with Gasteiger partial charge in [0.15, 0.2) is 0 Å². The van der Waals surface area contributed by atoms with Crippen molar-refractivity contribution in [1.82, 2.24) is 0 Å². The van der Waals surface area contributed by atoms with Gasteiger partial charge in [0, 0.05) is 0 Å². The topological polar surface area (TPSA) is 17.1 Å². The Morgan fingerprint density at radius 3 is 1.23 bits per heavy atom. The van der Waals surface area contributed by atoms with Crippen LogP contribution in [-0.4, -0.2) is 6.79 Å². The van der Waals surface area contributed by atoms with E-state index in [1.807, 2.05) is 24.3 Å². The fourth-order valence-corrected chi connectivity index (χ4v) is 0.414. The van der Waals surface area contributed by atoms with E-state index in [-0.39, 0.29) is 70.7 Å². The third-order valence-corrected chi connectivity index (χ3v) is 0.732. The molecular weight excluding hydrogens is 437 g/mol. The van der Waals surface area contributed by atoms with Gasteiger partial charge in [-0.15, -0.1) is 0 Å². The average Bonchev–Trinajstić information content (AvgIpc) is 2.24. The molecule has 0 amide bonds. The molecule has 0 fully saturated rings. The molecule has 0 aromatic rings. The zero-order chi connectivity index (χ0) is 6.41. The van der Waals surface area contributed by atoms with E-state index in [9.17, 15) is 0 Å². The minimum atomic E-state index is 0. The van der Waals surface area contributed by atoms with Gasteiger partial charge in [-0.3, -0.25) is 4.79 Å². The molecule has 0 heterocycles. The summed E-state index contributed by atoms with van der Waals surface area (Å²) in [5.41, 5.74) is 1.09. The maximum atomic E-state index is 7.50. The fraction of sp³-hybridized carbons (Fsp3) is 0. The molecule has 2 radical (unpaired) electrons. The van der Waals surface area contributed by atoms with Gasteiger partial charge in [-0.1, -0.05) is 30.9 Å². The monoisotopic (exact) mass is 441 g/mol. The fourth-order valence-electron chi connectivity index (χ4n) is 0.414. The third-order valence-electron chi connectivity index (χ3n) is 0.732. The van der Waals surface area contributed by atoms with Crippen LogP contribution in [0.25, 0.3) is 0 Å². The largest absolute Gasteiger partial charge is 4.00 e. The molecule has 0 aromatic carbocycles. The van der Waals surface area contributed by atoms with Crippen LogP contribution in [0.4, 0.5) is 0 Å². The Labute approximate surface area is 118 Å². The summed E-state index contributed by atoms with van der Waals surface area (Å²) in [5, 5.41) is 0. The van der Waals surface area contributed by atoms with E-state index in [2.05, 4.69) is 13.4 Å². The van der Waals surface area contributed by atoms with Gasteiger partial charge in [0.2, 0.25) is 0 Å². The predicted octanol–water partition coefficient (Wildman–Crippen LogP) is -10.7. The van der Waals surface area contributed by atoms with Crippen LogP contribution in [0, 0.1) is 0 Å². The van der Waals surface area contributed by atoms with Crippen molar-refractivity contribution >= 4 is 6.79 Å². The van der Waals surface area contributed by atoms with Crippen molar-refractivity contribution < 1.29 is 75.5 Å². The second-order valence-corrected chi connectivity index (χ2v) is 1.29. The smallest absolute Gasteiger partial charge is 1.00 e. The summed E-state index contributed by atoms with van der Waals surface area (Å²) < 4.78 is 0. The molecule has 0 atom stereocenters. The first kappa shape index (κ1) is 37.2. The van der Waals surface area contributed by atoms with E-state index in [0.29, 0.717) is 0 Å². The SMILES string of the molecule is C=C1C=CC=C1.[C]=O.[Cl-].[Cl-].[Cl-].[Cl-].[Pt+4]. The standard InChI is InChI=1S/C6H6.CO.4ClH.Pt/c1-6-4-2-3-5-6;1-2;;;;;/h2-5H,1H2;;4*1H;/q;;;;;;+4/p-4. The number of carbonyl (C=O) groups excluding carboxylic acids is 1. The van der Waals surface area contributed by atoms with E-state index >= 15 is 0 Å². The van der Waals surface area contributed by atoms with Gasteiger partial charge in [0.25, 0.3) is 6.79 Å². The van der Waals surface area contributed by atoms with Gasteiger partial charge in [0.05, 0.1) is 0 Å². The molecule has 0 aliphatic heterocycles. The van der Waals surface area contributed by atoms with Gasteiger partial charge >= 0.3 is 21.1 Å². The van der Waals surface area contributed by atoms with Crippen LogP contribution in [0.2, 0.25) is 0 Å². The molecule has 6 heteroatoms. The molecule has 0 spiro atoms. The molecule has 0 saturated carbocycles. The molecule has 1 nitrogen and oxygen atoms in total. The number of allylic oxidation sites excluding steroid dienone is 5. The summed E-state index contributed by atoms with van der Waals surface area (Å²) >= 11 is 0. The minimum Gasteiger partial charge on any atom is -1.00 e. The molecule has 13 heavy (non-hydrogen) atoms. The van der Waals surface area contributed by atoms with Crippen LogP contribution >= 0.6 is 0 Å². The van der Waals surface area contributed by atoms with Crippen molar-refractivity contribution in [1.29, 1.82) is 0 Å². The zero-order valence-corrected chi connectivity index (χ0v) is 11.5. The summed E-state index contributed by atoms with van der Waals surface area (Å²) in [5.74, 6) is 0. The number of hydrogen-bond acceptors (Lipinski definition) is 1. The van der Waals surface area contributed by atoms with Gasteiger partial charge in [-0.2, -0.15) is 0 Å². The van der Waals surface area contributed by atoms with Gasteiger partial charge in [-0.25, -0.2) is 0 Å². The number of hydrogen-bond donors (Lipinski definition) is 0. The molecule has 0 N–H and O–H groups in total. The van der Waals surface area contributed by atoms with Gasteiger partial charge in [0.1, 0.15) is 0 Å². The van der Waals surface area contributed by atoms with Crippen molar-refractivity contribution in [2.45, 2.75) is 0 Å². The van der Waals surface area contributed by atoms with E-state index in [4.69, 9.17) is 4.79 Å².